The van der Waals surface area contributed by atoms with Gasteiger partial charge in [0, 0.05) is 0 Å². The van der Waals surface area contributed by atoms with Gasteiger partial charge in [-0.25, -0.2) is 0 Å². The summed E-state index contributed by atoms with van der Waals surface area (Å²) in [6.45, 7) is 2.27. The average Bonchev–Trinajstić information content (AvgIpc) is 2.66. The van der Waals surface area contributed by atoms with Crippen molar-refractivity contribution in [2.24, 2.45) is 0 Å². The number of phenols is 1. The molecule has 26 heavy (non-hydrogen) atoms. The zero-order valence-corrected chi connectivity index (χ0v) is 16.3. The van der Waals surface area contributed by atoms with E-state index >= 15 is 0 Å². The lowest BCUT2D eigenvalue weighted by molar-refractivity contribution is 0.464. The van der Waals surface area contributed by atoms with Gasteiger partial charge in [0.05, 0.1) is 0 Å². The van der Waals surface area contributed by atoms with E-state index in [9.17, 15) is 5.11 Å². The van der Waals surface area contributed by atoms with Gasteiger partial charge in [-0.1, -0.05) is 76.8 Å². The van der Waals surface area contributed by atoms with Crippen LogP contribution in [0.15, 0.2) is 48.5 Å². The summed E-state index contributed by atoms with van der Waals surface area (Å²) in [7, 11) is 0. The molecule has 1 N–H and O–H groups in total. The average molecular weight is 355 g/mol. The maximum atomic E-state index is 9.30. The molecule has 0 saturated heterocycles. The SMILES string of the molecule is CCCCCCCCCCCCc1ccc(Oc2ccc(O)cc2)cc1. The minimum atomic E-state index is 0.254. The van der Waals surface area contributed by atoms with Gasteiger partial charge < -0.3 is 9.84 Å². The molecule has 0 fully saturated rings. The minimum absolute atomic E-state index is 0.254. The van der Waals surface area contributed by atoms with E-state index in [1.165, 1.54) is 69.8 Å². The molecule has 0 radical (unpaired) electrons. The van der Waals surface area contributed by atoms with Crippen LogP contribution in [-0.4, -0.2) is 5.11 Å². The van der Waals surface area contributed by atoms with Crippen molar-refractivity contribution in [3.05, 3.63) is 54.1 Å². The molecule has 0 heterocycles. The Kier molecular flexibility index (Phi) is 9.71. The zero-order valence-electron chi connectivity index (χ0n) is 16.3. The third-order valence-corrected chi connectivity index (χ3v) is 4.81. The number of benzene rings is 2. The van der Waals surface area contributed by atoms with Crippen molar-refractivity contribution in [3.63, 3.8) is 0 Å². The Balaban J connectivity index is 1.55. The first-order valence-electron chi connectivity index (χ1n) is 10.3. The van der Waals surface area contributed by atoms with Crippen LogP contribution in [0.2, 0.25) is 0 Å². The highest BCUT2D eigenvalue weighted by Gasteiger charge is 1.99. The van der Waals surface area contributed by atoms with Crippen LogP contribution in [0.3, 0.4) is 0 Å². The van der Waals surface area contributed by atoms with Gasteiger partial charge in [-0.15, -0.1) is 0 Å². The highest BCUT2D eigenvalue weighted by molar-refractivity contribution is 5.35. The van der Waals surface area contributed by atoms with Gasteiger partial charge in [0.25, 0.3) is 0 Å². The van der Waals surface area contributed by atoms with Crippen LogP contribution in [0.5, 0.6) is 17.2 Å². The Morgan fingerprint density at radius 1 is 0.615 bits per heavy atom. The predicted octanol–water partition coefficient (Wildman–Crippen LogP) is 7.65. The quantitative estimate of drug-likeness (QED) is 0.374. The van der Waals surface area contributed by atoms with E-state index in [0.717, 1.165) is 17.9 Å². The van der Waals surface area contributed by atoms with Crippen molar-refractivity contribution in [1.82, 2.24) is 0 Å². The predicted molar refractivity (Wildman–Crippen MR) is 110 cm³/mol. The largest absolute Gasteiger partial charge is 0.508 e. The highest BCUT2D eigenvalue weighted by Crippen LogP contribution is 2.24. The topological polar surface area (TPSA) is 29.5 Å². The molecule has 0 amide bonds. The van der Waals surface area contributed by atoms with Gasteiger partial charge in [-0.2, -0.15) is 0 Å². The number of rotatable bonds is 13. The van der Waals surface area contributed by atoms with Gasteiger partial charge in [0.1, 0.15) is 17.2 Å². The number of hydrogen-bond acceptors (Lipinski definition) is 2. The van der Waals surface area contributed by atoms with Gasteiger partial charge in [0.2, 0.25) is 0 Å². The first-order valence-corrected chi connectivity index (χ1v) is 10.3. The van der Waals surface area contributed by atoms with Crippen molar-refractivity contribution in [2.75, 3.05) is 0 Å². The lowest BCUT2D eigenvalue weighted by Crippen LogP contribution is -1.88. The van der Waals surface area contributed by atoms with E-state index in [0.29, 0.717) is 0 Å². The lowest BCUT2D eigenvalue weighted by Gasteiger charge is -2.07. The first kappa shape index (κ1) is 20.4. The maximum absolute atomic E-state index is 9.30. The summed E-state index contributed by atoms with van der Waals surface area (Å²) in [6.07, 6.45) is 14.9. The van der Waals surface area contributed by atoms with E-state index in [1.54, 1.807) is 24.3 Å². The highest BCUT2D eigenvalue weighted by atomic mass is 16.5. The van der Waals surface area contributed by atoms with Gasteiger partial charge in [-0.3, -0.25) is 0 Å². The summed E-state index contributed by atoms with van der Waals surface area (Å²) < 4.78 is 5.78. The Bertz CT molecular complexity index is 587. The second kappa shape index (κ2) is 12.4. The number of hydrogen-bond donors (Lipinski definition) is 1. The van der Waals surface area contributed by atoms with Crippen LogP contribution in [0.25, 0.3) is 0 Å². The summed E-state index contributed by atoms with van der Waals surface area (Å²) in [5, 5.41) is 9.30. The molecule has 2 nitrogen and oxygen atoms in total. The fourth-order valence-corrected chi connectivity index (χ4v) is 3.19. The Morgan fingerprint density at radius 2 is 1.08 bits per heavy atom. The summed E-state index contributed by atoms with van der Waals surface area (Å²) in [6, 6.07) is 15.2. The normalized spacial score (nSPS) is 10.8. The van der Waals surface area contributed by atoms with Crippen molar-refractivity contribution in [2.45, 2.75) is 77.6 Å². The smallest absolute Gasteiger partial charge is 0.127 e. The summed E-state index contributed by atoms with van der Waals surface area (Å²) in [5.74, 6) is 1.83. The third-order valence-electron chi connectivity index (χ3n) is 4.81. The molecular formula is C24H34O2. The van der Waals surface area contributed by atoms with Crippen molar-refractivity contribution < 1.29 is 9.84 Å². The number of aromatic hydroxyl groups is 1. The minimum Gasteiger partial charge on any atom is -0.508 e. The van der Waals surface area contributed by atoms with Crippen molar-refractivity contribution >= 4 is 0 Å². The van der Waals surface area contributed by atoms with E-state index < -0.39 is 0 Å². The molecule has 0 aromatic heterocycles. The number of unbranched alkanes of at least 4 members (excludes halogenated alkanes) is 9. The fourth-order valence-electron chi connectivity index (χ4n) is 3.19. The van der Waals surface area contributed by atoms with Gasteiger partial charge >= 0.3 is 0 Å². The van der Waals surface area contributed by atoms with Crippen LogP contribution in [0, 0.1) is 0 Å². The molecule has 0 aliphatic rings. The Labute approximate surface area is 159 Å². The molecule has 0 saturated carbocycles. The van der Waals surface area contributed by atoms with Crippen LogP contribution in [-0.2, 0) is 6.42 Å². The molecule has 0 aliphatic carbocycles. The third kappa shape index (κ3) is 8.42. The van der Waals surface area contributed by atoms with Crippen LogP contribution in [0.1, 0.15) is 76.7 Å². The van der Waals surface area contributed by atoms with E-state index in [2.05, 4.69) is 19.1 Å². The molecule has 2 rings (SSSR count). The Morgan fingerprint density at radius 3 is 1.62 bits per heavy atom. The first-order chi connectivity index (χ1) is 12.8. The van der Waals surface area contributed by atoms with Crippen molar-refractivity contribution in [1.29, 1.82) is 0 Å². The molecule has 0 atom stereocenters. The lowest BCUT2D eigenvalue weighted by atomic mass is 10.0. The Hall–Kier alpha value is -1.96. The summed E-state index contributed by atoms with van der Waals surface area (Å²) in [5.41, 5.74) is 1.38. The van der Waals surface area contributed by atoms with Crippen molar-refractivity contribution in [3.8, 4) is 17.2 Å². The zero-order chi connectivity index (χ0) is 18.5. The molecule has 0 unspecified atom stereocenters. The molecule has 2 aromatic rings. The number of phenolic OH excluding ortho intramolecular Hbond substituents is 1. The maximum Gasteiger partial charge on any atom is 0.127 e. The number of aryl methyl sites for hydroxylation is 1. The molecular weight excluding hydrogens is 320 g/mol. The van der Waals surface area contributed by atoms with Crippen LogP contribution >= 0.6 is 0 Å². The molecule has 142 valence electrons. The van der Waals surface area contributed by atoms with E-state index in [1.807, 2.05) is 12.1 Å². The number of ether oxygens (including phenoxy) is 1. The van der Waals surface area contributed by atoms with Crippen LogP contribution in [0.4, 0.5) is 0 Å². The van der Waals surface area contributed by atoms with Gasteiger partial charge in [-0.05, 0) is 54.8 Å². The summed E-state index contributed by atoms with van der Waals surface area (Å²) >= 11 is 0. The van der Waals surface area contributed by atoms with Gasteiger partial charge in [0.15, 0.2) is 0 Å². The second-order valence-electron chi connectivity index (χ2n) is 7.17. The van der Waals surface area contributed by atoms with E-state index in [-0.39, 0.29) is 5.75 Å². The fraction of sp³-hybridized carbons (Fsp3) is 0.500. The summed E-state index contributed by atoms with van der Waals surface area (Å²) in [4.78, 5) is 0. The van der Waals surface area contributed by atoms with E-state index in [4.69, 9.17) is 4.74 Å². The molecule has 2 aromatic carbocycles. The molecule has 0 spiro atoms. The standard InChI is InChI=1S/C24H34O2/c1-2-3-4-5-6-7-8-9-10-11-12-21-13-17-23(18-14-21)26-24-19-15-22(25)16-20-24/h13-20,25H,2-12H2,1H3. The molecule has 0 bridgehead atoms. The molecule has 2 heteroatoms. The van der Waals surface area contributed by atoms with Crippen LogP contribution < -0.4 is 4.74 Å². The second-order valence-corrected chi connectivity index (χ2v) is 7.17. The monoisotopic (exact) mass is 354 g/mol. The molecule has 0 aliphatic heterocycles.